The number of amides is 1. The van der Waals surface area contributed by atoms with E-state index < -0.39 is 18.0 Å². The summed E-state index contributed by atoms with van der Waals surface area (Å²) in [5.41, 5.74) is 0.902. The monoisotopic (exact) mass is 367 g/mol. The molecular formula is C21H21NO5. The van der Waals surface area contributed by atoms with Gasteiger partial charge in [-0.25, -0.2) is 4.79 Å². The second-order valence-electron chi connectivity index (χ2n) is 6.98. The first kappa shape index (κ1) is 17.4. The minimum Gasteiger partial charge on any atom is -0.481 e. The molecule has 1 aliphatic heterocycles. The molecule has 1 aromatic heterocycles. The highest BCUT2D eigenvalue weighted by Gasteiger charge is 2.50. The van der Waals surface area contributed by atoms with E-state index in [4.69, 9.17) is 9.15 Å². The number of fused-ring (bicyclic) bond motifs is 1. The zero-order valence-corrected chi connectivity index (χ0v) is 14.7. The number of rotatable bonds is 4. The van der Waals surface area contributed by atoms with Crippen molar-refractivity contribution in [1.29, 1.82) is 0 Å². The van der Waals surface area contributed by atoms with E-state index in [2.05, 4.69) is 0 Å². The zero-order valence-electron chi connectivity index (χ0n) is 14.7. The molecule has 1 N–H and O–H groups in total. The average molecular weight is 367 g/mol. The van der Waals surface area contributed by atoms with Gasteiger partial charge in [0.1, 0.15) is 12.4 Å². The highest BCUT2D eigenvalue weighted by atomic mass is 16.6. The maximum Gasteiger partial charge on any atom is 0.411 e. The van der Waals surface area contributed by atoms with Crippen molar-refractivity contribution in [2.75, 3.05) is 0 Å². The van der Waals surface area contributed by atoms with Crippen LogP contribution in [0.3, 0.4) is 0 Å². The minimum atomic E-state index is -0.827. The first-order valence-corrected chi connectivity index (χ1v) is 9.07. The van der Waals surface area contributed by atoms with E-state index >= 15 is 0 Å². The van der Waals surface area contributed by atoms with Crippen LogP contribution in [0.15, 0.2) is 65.3 Å². The molecule has 1 aliphatic carbocycles. The van der Waals surface area contributed by atoms with Gasteiger partial charge in [0.25, 0.3) is 0 Å². The Morgan fingerprint density at radius 2 is 2.00 bits per heavy atom. The van der Waals surface area contributed by atoms with Crippen LogP contribution in [-0.2, 0) is 16.1 Å². The lowest BCUT2D eigenvalue weighted by atomic mass is 9.79. The third kappa shape index (κ3) is 3.35. The maximum atomic E-state index is 12.9. The Labute approximate surface area is 157 Å². The molecule has 1 aromatic carbocycles. The van der Waals surface area contributed by atoms with E-state index in [9.17, 15) is 14.7 Å². The lowest BCUT2D eigenvalue weighted by molar-refractivity contribution is -0.144. The van der Waals surface area contributed by atoms with Crippen LogP contribution < -0.4 is 0 Å². The van der Waals surface area contributed by atoms with Crippen molar-refractivity contribution in [2.24, 2.45) is 11.8 Å². The van der Waals surface area contributed by atoms with Gasteiger partial charge in [-0.15, -0.1) is 0 Å². The fourth-order valence-electron chi connectivity index (χ4n) is 4.16. The second-order valence-corrected chi connectivity index (χ2v) is 6.98. The molecule has 2 heterocycles. The number of carbonyl (C=O) groups is 2. The Kier molecular flexibility index (Phi) is 4.71. The number of nitrogens with zero attached hydrogens (tertiary/aromatic N) is 1. The number of allylic oxidation sites excluding steroid dienone is 1. The SMILES string of the molecule is O=C(O)[C@H]1CC=C[C@H]2[C@@H]1C[C@@H](c1ccco1)N2C(=O)OCc1ccccc1. The van der Waals surface area contributed by atoms with Gasteiger partial charge in [-0.1, -0.05) is 42.5 Å². The van der Waals surface area contributed by atoms with Gasteiger partial charge in [0.15, 0.2) is 0 Å². The number of carbonyl (C=O) groups excluding carboxylic acids is 1. The fourth-order valence-corrected chi connectivity index (χ4v) is 4.16. The van der Waals surface area contributed by atoms with Gasteiger partial charge < -0.3 is 14.3 Å². The summed E-state index contributed by atoms with van der Waals surface area (Å²) in [6.45, 7) is 0.171. The first-order chi connectivity index (χ1) is 13.1. The molecule has 6 heteroatoms. The zero-order chi connectivity index (χ0) is 18.8. The van der Waals surface area contributed by atoms with Gasteiger partial charge in [-0.3, -0.25) is 9.69 Å². The van der Waals surface area contributed by atoms with Gasteiger partial charge in [0.05, 0.1) is 24.3 Å². The number of hydrogen-bond acceptors (Lipinski definition) is 4. The van der Waals surface area contributed by atoms with E-state index in [1.807, 2.05) is 48.6 Å². The molecule has 2 aliphatic rings. The number of ether oxygens (including phenoxy) is 1. The number of furan rings is 1. The maximum absolute atomic E-state index is 12.9. The minimum absolute atomic E-state index is 0.160. The molecule has 27 heavy (non-hydrogen) atoms. The van der Waals surface area contributed by atoms with Gasteiger partial charge in [0.2, 0.25) is 0 Å². The van der Waals surface area contributed by atoms with Gasteiger partial charge >= 0.3 is 12.1 Å². The third-order valence-electron chi connectivity index (χ3n) is 5.44. The normalized spacial score (nSPS) is 26.6. The number of benzene rings is 1. The Balaban J connectivity index is 1.58. The standard InChI is InChI=1S/C21H21NO5/c23-20(24)15-8-4-9-17-16(15)12-18(19-10-5-11-26-19)22(17)21(25)27-13-14-6-2-1-3-7-14/h1-7,9-11,15-18H,8,12-13H2,(H,23,24)/t15-,16+,17-,18-/m0/s1. The largest absolute Gasteiger partial charge is 0.481 e. The number of likely N-dealkylation sites (tertiary alicyclic amines) is 1. The van der Waals surface area contributed by atoms with Gasteiger partial charge in [-0.05, 0) is 36.5 Å². The molecule has 0 spiro atoms. The second kappa shape index (κ2) is 7.31. The predicted octanol–water partition coefficient (Wildman–Crippen LogP) is 4.01. The van der Waals surface area contributed by atoms with Crippen LogP contribution in [0.1, 0.15) is 30.2 Å². The number of carboxylic acid groups (broad SMARTS) is 1. The van der Waals surface area contributed by atoms with Crippen LogP contribution in [0.4, 0.5) is 4.79 Å². The van der Waals surface area contributed by atoms with Crippen molar-refractivity contribution in [3.8, 4) is 0 Å². The quantitative estimate of drug-likeness (QED) is 0.826. The molecule has 0 saturated carbocycles. The van der Waals surface area contributed by atoms with Crippen LogP contribution in [0.2, 0.25) is 0 Å². The van der Waals surface area contributed by atoms with Crippen molar-refractivity contribution < 1.29 is 23.8 Å². The van der Waals surface area contributed by atoms with E-state index in [-0.39, 0.29) is 24.6 Å². The average Bonchev–Trinajstić information content (AvgIpc) is 3.33. The summed E-state index contributed by atoms with van der Waals surface area (Å²) in [6.07, 6.45) is 5.91. The molecule has 4 atom stereocenters. The summed E-state index contributed by atoms with van der Waals surface area (Å²) in [6, 6.07) is 12.4. The highest BCUT2D eigenvalue weighted by molar-refractivity contribution is 5.73. The van der Waals surface area contributed by atoms with E-state index in [0.29, 0.717) is 18.6 Å². The number of hydrogen-bond donors (Lipinski definition) is 1. The fraction of sp³-hybridized carbons (Fsp3) is 0.333. The van der Waals surface area contributed by atoms with E-state index in [1.165, 1.54) is 0 Å². The molecule has 140 valence electrons. The molecule has 1 amide bonds. The van der Waals surface area contributed by atoms with Crippen molar-refractivity contribution in [3.63, 3.8) is 0 Å². The van der Waals surface area contributed by atoms with Crippen LogP contribution >= 0.6 is 0 Å². The summed E-state index contributed by atoms with van der Waals surface area (Å²) >= 11 is 0. The third-order valence-corrected chi connectivity index (χ3v) is 5.44. The first-order valence-electron chi connectivity index (χ1n) is 9.07. The highest BCUT2D eigenvalue weighted by Crippen LogP contribution is 2.47. The molecule has 0 radical (unpaired) electrons. The summed E-state index contributed by atoms with van der Waals surface area (Å²) in [4.78, 5) is 26.3. The van der Waals surface area contributed by atoms with Gasteiger partial charge in [-0.2, -0.15) is 0 Å². The Bertz CT molecular complexity index is 830. The lowest BCUT2D eigenvalue weighted by Gasteiger charge is -2.32. The summed E-state index contributed by atoms with van der Waals surface area (Å²) in [5, 5.41) is 9.59. The van der Waals surface area contributed by atoms with Crippen molar-refractivity contribution in [2.45, 2.75) is 31.5 Å². The van der Waals surface area contributed by atoms with Crippen LogP contribution in [0.25, 0.3) is 0 Å². The van der Waals surface area contributed by atoms with Crippen molar-refractivity contribution >= 4 is 12.1 Å². The van der Waals surface area contributed by atoms with Crippen molar-refractivity contribution in [3.05, 3.63) is 72.2 Å². The van der Waals surface area contributed by atoms with Crippen LogP contribution in [-0.4, -0.2) is 28.1 Å². The Morgan fingerprint density at radius 1 is 1.19 bits per heavy atom. The van der Waals surface area contributed by atoms with Crippen LogP contribution in [0, 0.1) is 11.8 Å². The molecule has 0 bridgehead atoms. The molecule has 1 fully saturated rings. The molecule has 2 aromatic rings. The summed E-state index contributed by atoms with van der Waals surface area (Å²) in [5.74, 6) is -0.845. The molecule has 6 nitrogen and oxygen atoms in total. The predicted molar refractivity (Wildman–Crippen MR) is 96.7 cm³/mol. The van der Waals surface area contributed by atoms with Crippen molar-refractivity contribution in [1.82, 2.24) is 4.90 Å². The van der Waals surface area contributed by atoms with E-state index in [1.54, 1.807) is 17.2 Å². The molecular weight excluding hydrogens is 346 g/mol. The summed E-state index contributed by atoms with van der Waals surface area (Å²) < 4.78 is 11.1. The number of carboxylic acids is 1. The summed E-state index contributed by atoms with van der Waals surface area (Å²) in [7, 11) is 0. The smallest absolute Gasteiger partial charge is 0.411 e. The van der Waals surface area contributed by atoms with E-state index in [0.717, 1.165) is 5.56 Å². The Morgan fingerprint density at radius 3 is 2.70 bits per heavy atom. The molecule has 0 unspecified atom stereocenters. The Hall–Kier alpha value is -3.02. The molecule has 4 rings (SSSR count). The van der Waals surface area contributed by atoms with Crippen LogP contribution in [0.5, 0.6) is 0 Å². The number of aliphatic carboxylic acids is 1. The topological polar surface area (TPSA) is 80.0 Å². The molecule has 1 saturated heterocycles. The van der Waals surface area contributed by atoms with Gasteiger partial charge in [0, 0.05) is 0 Å². The lowest BCUT2D eigenvalue weighted by Crippen LogP contribution is -2.42.